The van der Waals surface area contributed by atoms with Gasteiger partial charge in [0.1, 0.15) is 11.5 Å². The van der Waals surface area contributed by atoms with E-state index in [0.29, 0.717) is 48.0 Å². The highest BCUT2D eigenvalue weighted by Crippen LogP contribution is 2.42. The van der Waals surface area contributed by atoms with Crippen molar-refractivity contribution in [3.63, 3.8) is 0 Å². The van der Waals surface area contributed by atoms with Gasteiger partial charge in [0.05, 0.1) is 37.5 Å². The van der Waals surface area contributed by atoms with E-state index in [1.807, 2.05) is 34.6 Å². The Morgan fingerprint density at radius 1 is 1.00 bits per heavy atom. The molecule has 200 valence electrons. The SMILES string of the molecule is CCOc1cc(C2/C(=C(/O)c3ccc(OC(C)C)cc3)C(=O)C(=O)N2CCCOC(C)C)ccc1OC. The maximum atomic E-state index is 13.3. The number of benzene rings is 2. The van der Waals surface area contributed by atoms with Gasteiger partial charge in [-0.1, -0.05) is 6.07 Å². The second kappa shape index (κ2) is 12.6. The minimum Gasteiger partial charge on any atom is -0.507 e. The number of hydrogen-bond donors (Lipinski definition) is 1. The van der Waals surface area contributed by atoms with Crippen LogP contribution in [0.15, 0.2) is 48.0 Å². The van der Waals surface area contributed by atoms with Gasteiger partial charge in [-0.15, -0.1) is 0 Å². The fourth-order valence-electron chi connectivity index (χ4n) is 4.26. The number of nitrogens with zero attached hydrogens (tertiary/aromatic N) is 1. The van der Waals surface area contributed by atoms with Gasteiger partial charge in [-0.2, -0.15) is 0 Å². The summed E-state index contributed by atoms with van der Waals surface area (Å²) in [6.07, 6.45) is 0.598. The van der Waals surface area contributed by atoms with E-state index >= 15 is 0 Å². The van der Waals surface area contributed by atoms with Crippen LogP contribution in [0.25, 0.3) is 5.76 Å². The molecule has 2 aromatic carbocycles. The highest BCUT2D eigenvalue weighted by atomic mass is 16.5. The molecule has 1 saturated heterocycles. The normalized spacial score (nSPS) is 17.1. The van der Waals surface area contributed by atoms with E-state index in [2.05, 4.69) is 0 Å². The van der Waals surface area contributed by atoms with Crippen molar-refractivity contribution in [3.05, 3.63) is 59.2 Å². The Kier molecular flexibility index (Phi) is 9.58. The highest BCUT2D eigenvalue weighted by molar-refractivity contribution is 6.46. The summed E-state index contributed by atoms with van der Waals surface area (Å²) in [5.74, 6) is 0.0348. The van der Waals surface area contributed by atoms with Crippen molar-refractivity contribution in [3.8, 4) is 17.2 Å². The summed E-state index contributed by atoms with van der Waals surface area (Å²) in [6.45, 7) is 10.7. The van der Waals surface area contributed by atoms with Crippen molar-refractivity contribution >= 4 is 17.4 Å². The zero-order valence-electron chi connectivity index (χ0n) is 22.4. The number of rotatable bonds is 12. The maximum absolute atomic E-state index is 13.3. The Hall–Kier alpha value is -3.52. The summed E-state index contributed by atoms with van der Waals surface area (Å²) >= 11 is 0. The zero-order chi connectivity index (χ0) is 27.1. The molecule has 8 nitrogen and oxygen atoms in total. The summed E-state index contributed by atoms with van der Waals surface area (Å²) in [4.78, 5) is 28.0. The summed E-state index contributed by atoms with van der Waals surface area (Å²) < 4.78 is 22.5. The van der Waals surface area contributed by atoms with Crippen LogP contribution < -0.4 is 14.2 Å². The van der Waals surface area contributed by atoms with E-state index in [1.54, 1.807) is 49.6 Å². The van der Waals surface area contributed by atoms with Crippen LogP contribution in [0.2, 0.25) is 0 Å². The lowest BCUT2D eigenvalue weighted by molar-refractivity contribution is -0.140. The van der Waals surface area contributed by atoms with Crippen molar-refractivity contribution in [1.29, 1.82) is 0 Å². The average molecular weight is 512 g/mol. The molecule has 0 radical (unpaired) electrons. The van der Waals surface area contributed by atoms with E-state index in [-0.39, 0.29) is 30.1 Å². The van der Waals surface area contributed by atoms with Crippen LogP contribution in [0.1, 0.15) is 58.2 Å². The molecule has 1 heterocycles. The molecule has 37 heavy (non-hydrogen) atoms. The van der Waals surface area contributed by atoms with E-state index < -0.39 is 17.7 Å². The molecule has 0 bridgehead atoms. The zero-order valence-corrected chi connectivity index (χ0v) is 22.4. The molecule has 0 aliphatic carbocycles. The predicted octanol–water partition coefficient (Wildman–Crippen LogP) is 5.12. The van der Waals surface area contributed by atoms with Gasteiger partial charge >= 0.3 is 0 Å². The third-order valence-corrected chi connectivity index (χ3v) is 5.84. The van der Waals surface area contributed by atoms with Crippen LogP contribution in [-0.4, -0.2) is 60.8 Å². The number of methoxy groups -OCH3 is 1. The first-order valence-electron chi connectivity index (χ1n) is 12.7. The third-order valence-electron chi connectivity index (χ3n) is 5.84. The summed E-state index contributed by atoms with van der Waals surface area (Å²) in [7, 11) is 1.55. The molecule has 0 saturated carbocycles. The van der Waals surface area contributed by atoms with Crippen LogP contribution >= 0.6 is 0 Å². The van der Waals surface area contributed by atoms with Gasteiger partial charge in [-0.3, -0.25) is 9.59 Å². The van der Waals surface area contributed by atoms with Gasteiger partial charge in [0.2, 0.25) is 0 Å². The lowest BCUT2D eigenvalue weighted by Crippen LogP contribution is -2.31. The summed E-state index contributed by atoms with van der Waals surface area (Å²) in [5.41, 5.74) is 1.08. The number of Topliss-reactive ketones (excluding diaryl/α,β-unsaturated/α-hetero) is 1. The minimum atomic E-state index is -0.796. The number of ketones is 1. The second-order valence-corrected chi connectivity index (χ2v) is 9.30. The van der Waals surface area contributed by atoms with Crippen LogP contribution in [0, 0.1) is 0 Å². The first kappa shape index (κ1) is 28.1. The number of aliphatic hydroxyl groups excluding tert-OH is 1. The van der Waals surface area contributed by atoms with Gasteiger partial charge in [0.15, 0.2) is 11.5 Å². The van der Waals surface area contributed by atoms with Crippen molar-refractivity contribution in [2.45, 2.75) is 59.3 Å². The van der Waals surface area contributed by atoms with Crippen molar-refractivity contribution in [2.75, 3.05) is 26.9 Å². The number of likely N-dealkylation sites (tertiary alicyclic amines) is 1. The Morgan fingerprint density at radius 2 is 1.70 bits per heavy atom. The molecule has 1 amide bonds. The highest BCUT2D eigenvalue weighted by Gasteiger charge is 2.46. The van der Waals surface area contributed by atoms with E-state index in [1.165, 1.54) is 4.90 Å². The monoisotopic (exact) mass is 511 g/mol. The topological polar surface area (TPSA) is 94.5 Å². The molecular weight excluding hydrogens is 474 g/mol. The largest absolute Gasteiger partial charge is 0.507 e. The van der Waals surface area contributed by atoms with Crippen molar-refractivity contribution < 1.29 is 33.6 Å². The smallest absolute Gasteiger partial charge is 0.295 e. The number of carbonyl (C=O) groups is 2. The summed E-state index contributed by atoms with van der Waals surface area (Å²) in [5, 5.41) is 11.3. The van der Waals surface area contributed by atoms with Gasteiger partial charge in [-0.05, 0) is 83.0 Å². The minimum absolute atomic E-state index is 0.000876. The molecule has 8 heteroatoms. The van der Waals surface area contributed by atoms with Crippen LogP contribution in [0.4, 0.5) is 0 Å². The fourth-order valence-corrected chi connectivity index (χ4v) is 4.26. The number of ether oxygens (including phenoxy) is 4. The van der Waals surface area contributed by atoms with Crippen LogP contribution in [0.3, 0.4) is 0 Å². The quantitative estimate of drug-likeness (QED) is 0.183. The van der Waals surface area contributed by atoms with Crippen LogP contribution in [-0.2, 0) is 14.3 Å². The van der Waals surface area contributed by atoms with Gasteiger partial charge in [0.25, 0.3) is 11.7 Å². The van der Waals surface area contributed by atoms with Crippen molar-refractivity contribution in [2.24, 2.45) is 0 Å². The van der Waals surface area contributed by atoms with Gasteiger partial charge in [0, 0.05) is 18.7 Å². The van der Waals surface area contributed by atoms with E-state index in [0.717, 1.165) is 0 Å². The second-order valence-electron chi connectivity index (χ2n) is 9.30. The molecule has 1 aliphatic heterocycles. The third kappa shape index (κ3) is 6.63. The maximum Gasteiger partial charge on any atom is 0.295 e. The molecule has 0 spiro atoms. The number of hydrogen-bond acceptors (Lipinski definition) is 7. The molecule has 1 N–H and O–H groups in total. The average Bonchev–Trinajstić information content (AvgIpc) is 3.11. The molecule has 1 atom stereocenters. The lowest BCUT2D eigenvalue weighted by atomic mass is 9.95. The molecule has 0 aromatic heterocycles. The molecule has 1 fully saturated rings. The number of aliphatic hydroxyl groups is 1. The number of amides is 1. The first-order chi connectivity index (χ1) is 17.7. The van der Waals surface area contributed by atoms with Crippen LogP contribution in [0.5, 0.6) is 17.2 Å². The predicted molar refractivity (Wildman–Crippen MR) is 141 cm³/mol. The molecule has 2 aromatic rings. The Balaban J connectivity index is 2.07. The molecule has 1 aliphatic rings. The van der Waals surface area contributed by atoms with Gasteiger partial charge in [-0.25, -0.2) is 0 Å². The van der Waals surface area contributed by atoms with Crippen molar-refractivity contribution in [1.82, 2.24) is 4.90 Å². The standard InChI is InChI=1S/C29H37NO7/c1-7-35-24-17-21(11-14-23(24)34-6)26-25(27(31)20-9-12-22(13-10-20)37-19(4)5)28(32)29(33)30(26)15-8-16-36-18(2)3/h9-14,17-19,26,31H,7-8,15-16H2,1-6H3/b27-25-. The Morgan fingerprint density at radius 3 is 2.30 bits per heavy atom. The first-order valence-corrected chi connectivity index (χ1v) is 12.7. The fraction of sp³-hybridized carbons (Fsp3) is 0.448. The molecule has 3 rings (SSSR count). The Bertz CT molecular complexity index is 1120. The number of carbonyl (C=O) groups excluding carboxylic acids is 2. The van der Waals surface area contributed by atoms with E-state index in [4.69, 9.17) is 18.9 Å². The Labute approximate surface area is 218 Å². The summed E-state index contributed by atoms with van der Waals surface area (Å²) in [6, 6.07) is 11.3. The molecule has 1 unspecified atom stereocenters. The molecular formula is C29H37NO7. The lowest BCUT2D eigenvalue weighted by Gasteiger charge is -2.26. The van der Waals surface area contributed by atoms with Gasteiger partial charge < -0.3 is 29.0 Å². The van der Waals surface area contributed by atoms with E-state index in [9.17, 15) is 14.7 Å².